The van der Waals surface area contributed by atoms with Crippen LogP contribution in [-0.2, 0) is 6.54 Å². The number of guanidine groups is 1. The van der Waals surface area contributed by atoms with Crippen LogP contribution in [0.25, 0.3) is 0 Å². The maximum atomic E-state index is 14.1. The van der Waals surface area contributed by atoms with Crippen molar-refractivity contribution in [1.29, 1.82) is 0 Å². The van der Waals surface area contributed by atoms with Gasteiger partial charge >= 0.3 is 0 Å². The van der Waals surface area contributed by atoms with E-state index >= 15 is 0 Å². The average Bonchev–Trinajstić information content (AvgIpc) is 3.23. The summed E-state index contributed by atoms with van der Waals surface area (Å²) in [7, 11) is 1.74. The van der Waals surface area contributed by atoms with Crippen molar-refractivity contribution in [3.63, 3.8) is 0 Å². The Labute approximate surface area is 180 Å². The fraction of sp³-hybridized carbons (Fsp3) is 0.500. The predicted molar refractivity (Wildman–Crippen MR) is 114 cm³/mol. The Morgan fingerprint density at radius 1 is 1.37 bits per heavy atom. The van der Waals surface area contributed by atoms with E-state index in [1.54, 1.807) is 19.2 Å². The molecule has 2 aliphatic rings. The van der Waals surface area contributed by atoms with E-state index in [2.05, 4.69) is 25.7 Å². The molecule has 0 bridgehead atoms. The van der Waals surface area contributed by atoms with Crippen LogP contribution in [0.15, 0.2) is 23.2 Å². The highest BCUT2D eigenvalue weighted by Gasteiger charge is 2.42. The normalized spacial score (nSPS) is 24.0. The highest BCUT2D eigenvalue weighted by Crippen LogP contribution is 2.44. The molecule has 2 N–H and O–H groups in total. The van der Waals surface area contributed by atoms with Gasteiger partial charge in [-0.05, 0) is 38.3 Å². The monoisotopic (exact) mass is 504 g/mol. The van der Waals surface area contributed by atoms with Crippen LogP contribution >= 0.6 is 35.6 Å². The van der Waals surface area contributed by atoms with Crippen LogP contribution in [0.3, 0.4) is 0 Å². The molecule has 0 radical (unpaired) electrons. The number of aromatic nitrogens is 3. The Kier molecular flexibility index (Phi) is 6.25. The summed E-state index contributed by atoms with van der Waals surface area (Å²) < 4.78 is 16.1. The number of halogens is 3. The highest BCUT2D eigenvalue weighted by atomic mass is 127. The molecule has 4 rings (SSSR count). The zero-order valence-electron chi connectivity index (χ0n) is 15.2. The van der Waals surface area contributed by atoms with E-state index in [-0.39, 0.29) is 47.8 Å². The second-order valence-electron chi connectivity index (χ2n) is 6.88. The molecule has 1 aromatic heterocycles. The summed E-state index contributed by atoms with van der Waals surface area (Å²) in [5.74, 6) is 2.25. The lowest BCUT2D eigenvalue weighted by Crippen LogP contribution is -2.42. The van der Waals surface area contributed by atoms with E-state index in [4.69, 9.17) is 11.6 Å². The van der Waals surface area contributed by atoms with E-state index < -0.39 is 0 Å². The van der Waals surface area contributed by atoms with Gasteiger partial charge < -0.3 is 10.6 Å². The molecule has 6 nitrogen and oxygen atoms in total. The van der Waals surface area contributed by atoms with Crippen LogP contribution in [0, 0.1) is 12.7 Å². The van der Waals surface area contributed by atoms with Crippen molar-refractivity contribution in [3.05, 3.63) is 46.3 Å². The van der Waals surface area contributed by atoms with Crippen LogP contribution in [-0.4, -0.2) is 33.8 Å². The van der Waals surface area contributed by atoms with E-state index in [0.29, 0.717) is 16.5 Å². The Bertz CT molecular complexity index is 834. The fourth-order valence-corrected chi connectivity index (χ4v) is 3.96. The number of nitrogens with one attached hydrogen (secondary N) is 2. The van der Waals surface area contributed by atoms with Crippen molar-refractivity contribution in [2.45, 2.75) is 50.7 Å². The lowest BCUT2D eigenvalue weighted by Gasteiger charge is -2.25. The smallest absolute Gasteiger partial charge is 0.191 e. The summed E-state index contributed by atoms with van der Waals surface area (Å²) in [5, 5.41) is 11.7. The number of benzene rings is 1. The lowest BCUT2D eigenvalue weighted by atomic mass is 10.1. The number of nitrogens with zero attached hydrogens (tertiary/aromatic N) is 4. The molecule has 0 saturated heterocycles. The van der Waals surface area contributed by atoms with Crippen molar-refractivity contribution < 1.29 is 4.39 Å². The zero-order valence-corrected chi connectivity index (χ0v) is 18.3. The highest BCUT2D eigenvalue weighted by molar-refractivity contribution is 14.0. The minimum atomic E-state index is -0.245. The molecule has 1 aliphatic heterocycles. The molecule has 27 heavy (non-hydrogen) atoms. The molecular formula is C18H23ClFIN6. The first-order chi connectivity index (χ1) is 12.6. The Balaban J connectivity index is 0.00000210. The summed E-state index contributed by atoms with van der Waals surface area (Å²) in [5.41, 5.74) is 0.593. The van der Waals surface area contributed by atoms with Crippen molar-refractivity contribution in [3.8, 4) is 0 Å². The fourth-order valence-electron chi connectivity index (χ4n) is 3.66. The van der Waals surface area contributed by atoms with Gasteiger partial charge in [-0.25, -0.2) is 14.1 Å². The zero-order chi connectivity index (χ0) is 18.3. The van der Waals surface area contributed by atoms with E-state index in [1.807, 2.05) is 11.6 Å². The van der Waals surface area contributed by atoms with E-state index in [0.717, 1.165) is 37.5 Å². The summed E-state index contributed by atoms with van der Waals surface area (Å²) in [6, 6.07) is 5.03. The van der Waals surface area contributed by atoms with Gasteiger partial charge in [0.1, 0.15) is 17.5 Å². The van der Waals surface area contributed by atoms with Gasteiger partial charge in [0.05, 0.1) is 6.04 Å². The molecule has 0 spiro atoms. The van der Waals surface area contributed by atoms with Gasteiger partial charge in [0.15, 0.2) is 5.96 Å². The van der Waals surface area contributed by atoms with Crippen LogP contribution in [0.4, 0.5) is 4.39 Å². The number of aliphatic imine (C=N–C) groups is 1. The second-order valence-corrected chi connectivity index (χ2v) is 7.29. The predicted octanol–water partition coefficient (Wildman–Crippen LogP) is 3.55. The largest absolute Gasteiger partial charge is 0.353 e. The van der Waals surface area contributed by atoms with Crippen LogP contribution in [0.2, 0.25) is 5.02 Å². The summed E-state index contributed by atoms with van der Waals surface area (Å²) >= 11 is 6.18. The molecule has 0 amide bonds. The molecule has 1 aliphatic carbocycles. The van der Waals surface area contributed by atoms with Gasteiger partial charge in [-0.2, -0.15) is 5.10 Å². The lowest BCUT2D eigenvalue weighted by molar-refractivity contribution is 0.397. The Hall–Kier alpha value is -1.42. The molecule has 146 valence electrons. The molecule has 3 unspecified atom stereocenters. The molecule has 1 fully saturated rings. The molecule has 2 heterocycles. The van der Waals surface area contributed by atoms with Gasteiger partial charge in [-0.15, -0.1) is 24.0 Å². The SMILES string of the molecule is CN=C(NC1CCCn2nc(C)nc21)NC1CC1c1c(F)cccc1Cl.I. The third-order valence-corrected chi connectivity index (χ3v) is 5.33. The summed E-state index contributed by atoms with van der Waals surface area (Å²) in [6.45, 7) is 2.80. The maximum Gasteiger partial charge on any atom is 0.191 e. The standard InChI is InChI=1S/C18H22ClFN6.HI/c1-10-22-17-14(7-4-8-26(17)25-10)23-18(21-2)24-15-9-11(15)16-12(19)5-3-6-13(16)20;/h3,5-6,11,14-15H,4,7-9H2,1-2H3,(H2,21,23,24);1H. The van der Waals surface area contributed by atoms with E-state index in [1.165, 1.54) is 6.07 Å². The molecule has 1 aromatic carbocycles. The summed E-state index contributed by atoms with van der Waals surface area (Å²) in [6.07, 6.45) is 2.86. The molecular weight excluding hydrogens is 482 g/mol. The van der Waals surface area contributed by atoms with Crippen LogP contribution < -0.4 is 10.6 Å². The van der Waals surface area contributed by atoms with Crippen LogP contribution in [0.5, 0.6) is 0 Å². The number of aryl methyl sites for hydroxylation is 2. The molecule has 9 heteroatoms. The number of hydrogen-bond acceptors (Lipinski definition) is 3. The minimum Gasteiger partial charge on any atom is -0.353 e. The van der Waals surface area contributed by atoms with Crippen molar-refractivity contribution in [1.82, 2.24) is 25.4 Å². The van der Waals surface area contributed by atoms with Gasteiger partial charge in [-0.3, -0.25) is 4.99 Å². The number of fused-ring (bicyclic) bond motifs is 1. The van der Waals surface area contributed by atoms with Gasteiger partial charge in [-0.1, -0.05) is 17.7 Å². The third-order valence-electron chi connectivity index (χ3n) is 5.00. The maximum absolute atomic E-state index is 14.1. The first kappa shape index (κ1) is 20.3. The van der Waals surface area contributed by atoms with Gasteiger partial charge in [0.2, 0.25) is 0 Å². The van der Waals surface area contributed by atoms with Crippen molar-refractivity contribution >= 4 is 41.5 Å². The molecule has 2 aromatic rings. The molecule has 3 atom stereocenters. The first-order valence-electron chi connectivity index (χ1n) is 8.92. The minimum absolute atomic E-state index is 0. The first-order valence-corrected chi connectivity index (χ1v) is 9.29. The third kappa shape index (κ3) is 4.21. The second kappa shape index (κ2) is 8.30. The van der Waals surface area contributed by atoms with Gasteiger partial charge in [0.25, 0.3) is 0 Å². The van der Waals surface area contributed by atoms with E-state index in [9.17, 15) is 4.39 Å². The quantitative estimate of drug-likeness (QED) is 0.381. The Morgan fingerprint density at radius 2 is 2.19 bits per heavy atom. The Morgan fingerprint density at radius 3 is 2.93 bits per heavy atom. The van der Waals surface area contributed by atoms with Crippen molar-refractivity contribution in [2.75, 3.05) is 7.05 Å². The molecule has 1 saturated carbocycles. The van der Waals surface area contributed by atoms with Crippen molar-refractivity contribution in [2.24, 2.45) is 4.99 Å². The number of hydrogen-bond donors (Lipinski definition) is 2. The average molecular weight is 505 g/mol. The topological polar surface area (TPSA) is 67.1 Å². The summed E-state index contributed by atoms with van der Waals surface area (Å²) in [4.78, 5) is 8.87. The number of rotatable bonds is 3. The van der Waals surface area contributed by atoms with Gasteiger partial charge in [0, 0.05) is 36.1 Å². The van der Waals surface area contributed by atoms with Crippen LogP contribution in [0.1, 0.15) is 48.4 Å².